The van der Waals surface area contributed by atoms with E-state index in [0.717, 1.165) is 87.0 Å². The number of aryl methyl sites for hydroxylation is 1. The van der Waals surface area contributed by atoms with Crippen LogP contribution >= 0.6 is 11.3 Å². The van der Waals surface area contributed by atoms with Crippen molar-refractivity contribution in [2.75, 3.05) is 61.3 Å². The monoisotopic (exact) mass is 561 g/mol. The van der Waals surface area contributed by atoms with Crippen LogP contribution in [0.4, 0.5) is 16.5 Å². The van der Waals surface area contributed by atoms with E-state index in [0.29, 0.717) is 40.1 Å². The van der Waals surface area contributed by atoms with Crippen LogP contribution in [-0.2, 0) is 11.8 Å². The largest absolute Gasteiger partial charge is 0.389 e. The van der Waals surface area contributed by atoms with Crippen LogP contribution in [0.25, 0.3) is 11.5 Å². The minimum absolute atomic E-state index is 0.437. The second kappa shape index (κ2) is 10.7. The van der Waals surface area contributed by atoms with Gasteiger partial charge in [-0.05, 0) is 52.6 Å². The fraction of sp³-hybridized carbons (Fsp3) is 0.586. The molecule has 3 aliphatic rings. The number of hydrogen-bond acceptors (Lipinski definition) is 11. The molecule has 0 amide bonds. The minimum atomic E-state index is -0.557. The summed E-state index contributed by atoms with van der Waals surface area (Å²) >= 11 is 1.51. The zero-order valence-corrected chi connectivity index (χ0v) is 24.7. The van der Waals surface area contributed by atoms with Crippen molar-refractivity contribution >= 4 is 27.8 Å². The normalized spacial score (nSPS) is 25.6. The predicted molar refractivity (Wildman–Crippen MR) is 159 cm³/mol. The molecule has 0 spiro atoms. The zero-order chi connectivity index (χ0) is 28.0. The Morgan fingerprint density at radius 1 is 1.18 bits per heavy atom. The Morgan fingerprint density at radius 3 is 2.62 bits per heavy atom. The zero-order valence-electron chi connectivity index (χ0n) is 23.9. The van der Waals surface area contributed by atoms with E-state index >= 15 is 0 Å². The van der Waals surface area contributed by atoms with Gasteiger partial charge in [0.1, 0.15) is 22.6 Å². The number of nitriles is 1. The molecular formula is C29H39N9OS. The maximum atomic E-state index is 9.89. The van der Waals surface area contributed by atoms with Gasteiger partial charge in [0.25, 0.3) is 0 Å². The molecule has 11 heteroatoms. The summed E-state index contributed by atoms with van der Waals surface area (Å²) in [5.41, 5.74) is 9.04. The molecule has 0 radical (unpaired) electrons. The number of nitrogen functional groups attached to an aromatic ring is 1. The fourth-order valence-corrected chi connectivity index (χ4v) is 8.10. The van der Waals surface area contributed by atoms with Gasteiger partial charge in [-0.1, -0.05) is 12.1 Å². The van der Waals surface area contributed by atoms with Crippen molar-refractivity contribution in [2.45, 2.75) is 64.5 Å². The van der Waals surface area contributed by atoms with Crippen LogP contribution in [0.5, 0.6) is 0 Å². The highest BCUT2D eigenvalue weighted by Gasteiger charge is 2.43. The summed E-state index contributed by atoms with van der Waals surface area (Å²) in [4.78, 5) is 18.6. The molecule has 0 aromatic carbocycles. The van der Waals surface area contributed by atoms with E-state index in [1.54, 1.807) is 0 Å². The molecule has 2 aliphatic heterocycles. The molecule has 1 unspecified atom stereocenters. The first kappa shape index (κ1) is 27.0. The Hall–Kier alpha value is -3.20. The SMILES string of the molecule is CCN1[C@H](C)CN(c2cc(N3CCNCC3)cc(-c3noc(C4(C)CCCc5sc(N)c(C#N)c54)n3)n2)C[C@@H]1C. The molecule has 3 atom stereocenters. The Morgan fingerprint density at radius 2 is 1.93 bits per heavy atom. The summed E-state index contributed by atoms with van der Waals surface area (Å²) in [5, 5.41) is 18.4. The van der Waals surface area contributed by atoms with E-state index in [2.05, 4.69) is 71.1 Å². The van der Waals surface area contributed by atoms with E-state index in [-0.39, 0.29) is 0 Å². The molecule has 0 bridgehead atoms. The highest BCUT2D eigenvalue weighted by Crippen LogP contribution is 2.48. The molecule has 0 saturated carbocycles. The lowest BCUT2D eigenvalue weighted by molar-refractivity contribution is 0.139. The van der Waals surface area contributed by atoms with Crippen molar-refractivity contribution in [1.29, 1.82) is 5.26 Å². The third-order valence-electron chi connectivity index (χ3n) is 8.95. The topological polar surface area (TPSA) is 123 Å². The first-order chi connectivity index (χ1) is 19.3. The van der Waals surface area contributed by atoms with Gasteiger partial charge in [0.15, 0.2) is 0 Å². The number of thiophene rings is 1. The number of likely N-dealkylation sites (N-methyl/N-ethyl adjacent to an activating group) is 1. The molecule has 6 rings (SSSR count). The summed E-state index contributed by atoms with van der Waals surface area (Å²) in [6.07, 6.45) is 2.72. The van der Waals surface area contributed by atoms with Gasteiger partial charge in [-0.2, -0.15) is 10.2 Å². The van der Waals surface area contributed by atoms with E-state index in [4.69, 9.17) is 20.2 Å². The Labute approximate surface area is 240 Å². The number of pyridine rings is 1. The first-order valence-corrected chi connectivity index (χ1v) is 15.3. The summed E-state index contributed by atoms with van der Waals surface area (Å²) in [7, 11) is 0. The van der Waals surface area contributed by atoms with Crippen LogP contribution < -0.4 is 20.9 Å². The van der Waals surface area contributed by atoms with Crippen LogP contribution in [0, 0.1) is 11.3 Å². The second-order valence-corrected chi connectivity index (χ2v) is 12.7. The standard InChI is InChI=1S/C29H39N9OS/c1-5-38-18(2)16-37(17-19(38)3)24-14-20(36-11-9-32-10-12-36)13-22(33-24)27-34-28(39-35-27)29(4)8-6-7-23-25(29)21(15-30)26(31)40-23/h13-14,18-19,32H,5-12,16-17,31H2,1-4H3/t18-,19+,29?. The molecule has 10 nitrogen and oxygen atoms in total. The van der Waals surface area contributed by atoms with Crippen molar-refractivity contribution in [3.05, 3.63) is 34.0 Å². The van der Waals surface area contributed by atoms with E-state index in [1.165, 1.54) is 11.3 Å². The lowest BCUT2D eigenvalue weighted by Crippen LogP contribution is -2.56. The lowest BCUT2D eigenvalue weighted by atomic mass is 9.72. The van der Waals surface area contributed by atoms with Gasteiger partial charge in [-0.25, -0.2) is 4.98 Å². The van der Waals surface area contributed by atoms with E-state index in [1.807, 2.05) is 0 Å². The van der Waals surface area contributed by atoms with Crippen molar-refractivity contribution in [2.24, 2.45) is 0 Å². The van der Waals surface area contributed by atoms with Gasteiger partial charge < -0.3 is 25.4 Å². The van der Waals surface area contributed by atoms with Crippen molar-refractivity contribution in [1.82, 2.24) is 25.3 Å². The minimum Gasteiger partial charge on any atom is -0.389 e. The van der Waals surface area contributed by atoms with Gasteiger partial charge in [-0.3, -0.25) is 4.90 Å². The number of rotatable bonds is 5. The van der Waals surface area contributed by atoms with Crippen molar-refractivity contribution in [3.8, 4) is 17.6 Å². The van der Waals surface area contributed by atoms with Gasteiger partial charge in [-0.15, -0.1) is 11.3 Å². The van der Waals surface area contributed by atoms with Gasteiger partial charge in [0, 0.05) is 73.5 Å². The summed E-state index contributed by atoms with van der Waals surface area (Å²) in [6, 6.07) is 7.52. The maximum absolute atomic E-state index is 9.89. The van der Waals surface area contributed by atoms with Gasteiger partial charge in [0.05, 0.1) is 11.0 Å². The maximum Gasteiger partial charge on any atom is 0.237 e. The molecule has 5 heterocycles. The number of anilines is 3. The fourth-order valence-electron chi connectivity index (χ4n) is 6.91. The number of nitrogens with two attached hydrogens (primary N) is 1. The Balaban J connectivity index is 1.39. The summed E-state index contributed by atoms with van der Waals surface area (Å²) in [5.74, 6) is 1.96. The molecule has 3 aromatic heterocycles. The smallest absolute Gasteiger partial charge is 0.237 e. The van der Waals surface area contributed by atoms with Crippen LogP contribution in [0.15, 0.2) is 16.7 Å². The summed E-state index contributed by atoms with van der Waals surface area (Å²) in [6.45, 7) is 15.6. The van der Waals surface area contributed by atoms with Gasteiger partial charge in [0.2, 0.25) is 11.7 Å². The Bertz CT molecular complexity index is 1410. The van der Waals surface area contributed by atoms with E-state index in [9.17, 15) is 5.26 Å². The molecule has 3 N–H and O–H groups in total. The average molecular weight is 562 g/mol. The molecule has 212 valence electrons. The van der Waals surface area contributed by atoms with E-state index < -0.39 is 5.41 Å². The third-order valence-corrected chi connectivity index (χ3v) is 10.0. The number of aromatic nitrogens is 3. The van der Waals surface area contributed by atoms with Gasteiger partial charge >= 0.3 is 0 Å². The first-order valence-electron chi connectivity index (χ1n) is 14.5. The number of hydrogen-bond donors (Lipinski definition) is 2. The highest BCUT2D eigenvalue weighted by molar-refractivity contribution is 7.16. The molecule has 1 aliphatic carbocycles. The average Bonchev–Trinajstić information content (AvgIpc) is 3.59. The third kappa shape index (κ3) is 4.62. The second-order valence-electron chi connectivity index (χ2n) is 11.6. The van der Waals surface area contributed by atoms with Crippen molar-refractivity contribution in [3.63, 3.8) is 0 Å². The number of nitrogens with one attached hydrogen (secondary N) is 1. The van der Waals surface area contributed by atoms with Crippen LogP contribution in [0.3, 0.4) is 0 Å². The highest BCUT2D eigenvalue weighted by atomic mass is 32.1. The summed E-state index contributed by atoms with van der Waals surface area (Å²) < 4.78 is 5.97. The Kier molecular flexibility index (Phi) is 7.19. The van der Waals surface area contributed by atoms with Crippen LogP contribution in [0.2, 0.25) is 0 Å². The molecule has 2 saturated heterocycles. The van der Waals surface area contributed by atoms with Crippen LogP contribution in [0.1, 0.15) is 62.4 Å². The molecule has 40 heavy (non-hydrogen) atoms. The number of nitrogens with zero attached hydrogens (tertiary/aromatic N) is 7. The quantitative estimate of drug-likeness (QED) is 0.477. The number of piperazine rings is 2. The predicted octanol–water partition coefficient (Wildman–Crippen LogP) is 3.62. The molecular weight excluding hydrogens is 522 g/mol. The molecule has 3 aromatic rings. The molecule has 2 fully saturated rings. The van der Waals surface area contributed by atoms with Crippen LogP contribution in [-0.4, -0.2) is 77.9 Å². The number of fused-ring (bicyclic) bond motifs is 1. The lowest BCUT2D eigenvalue weighted by Gasteiger charge is -2.44. The van der Waals surface area contributed by atoms with Crippen molar-refractivity contribution < 1.29 is 4.52 Å².